The molecule has 1 unspecified atom stereocenters. The van der Waals surface area contributed by atoms with E-state index in [4.69, 9.17) is 9.47 Å². The highest BCUT2D eigenvalue weighted by atomic mass is 16.5. The summed E-state index contributed by atoms with van der Waals surface area (Å²) in [5.74, 6) is 1.10. The zero-order valence-corrected chi connectivity index (χ0v) is 17.9. The number of carbonyl (C=O) groups excluding carboxylic acids is 2. The van der Waals surface area contributed by atoms with Crippen molar-refractivity contribution in [3.05, 3.63) is 23.4 Å². The molecule has 1 aromatic heterocycles. The lowest BCUT2D eigenvalue weighted by atomic mass is 9.84. The van der Waals surface area contributed by atoms with E-state index >= 15 is 0 Å². The normalized spacial score (nSPS) is 18.8. The summed E-state index contributed by atoms with van der Waals surface area (Å²) in [6.45, 7) is 7.60. The Bertz CT molecular complexity index is 740. The summed E-state index contributed by atoms with van der Waals surface area (Å²) in [5, 5.41) is 5.56. The van der Waals surface area contributed by atoms with Crippen molar-refractivity contribution < 1.29 is 19.1 Å². The van der Waals surface area contributed by atoms with Gasteiger partial charge in [-0.05, 0) is 64.4 Å². The molecule has 1 aliphatic carbocycles. The van der Waals surface area contributed by atoms with Crippen LogP contribution in [0.15, 0.2) is 12.1 Å². The van der Waals surface area contributed by atoms with Crippen molar-refractivity contribution in [3.8, 4) is 5.88 Å². The second-order valence-electron chi connectivity index (χ2n) is 8.73. The van der Waals surface area contributed by atoms with Crippen LogP contribution in [0.4, 0.5) is 0 Å². The SMILES string of the molecule is CNC(=O)C(C)(C)C(C)NC(=O)c1ccc(C2CC2)c(OCC2CCOCC2)n1. The number of carbonyl (C=O) groups is 2. The molecule has 3 rings (SSSR count). The molecule has 0 bridgehead atoms. The molecule has 1 saturated heterocycles. The van der Waals surface area contributed by atoms with Crippen LogP contribution in [-0.4, -0.2) is 49.7 Å². The lowest BCUT2D eigenvalue weighted by Crippen LogP contribution is -2.50. The number of nitrogens with one attached hydrogen (secondary N) is 2. The van der Waals surface area contributed by atoms with E-state index in [0.29, 0.717) is 30.0 Å². The molecule has 7 heteroatoms. The molecule has 160 valence electrons. The molecule has 1 aliphatic heterocycles. The molecular formula is C22H33N3O4. The van der Waals surface area contributed by atoms with Crippen LogP contribution in [0.1, 0.15) is 68.4 Å². The predicted molar refractivity (Wildman–Crippen MR) is 110 cm³/mol. The van der Waals surface area contributed by atoms with Gasteiger partial charge in [-0.1, -0.05) is 6.07 Å². The van der Waals surface area contributed by atoms with Gasteiger partial charge in [0.15, 0.2) is 0 Å². The van der Waals surface area contributed by atoms with Gasteiger partial charge >= 0.3 is 0 Å². The Hall–Kier alpha value is -2.15. The second-order valence-corrected chi connectivity index (χ2v) is 8.73. The van der Waals surface area contributed by atoms with Gasteiger partial charge in [0, 0.05) is 31.9 Å². The van der Waals surface area contributed by atoms with Gasteiger partial charge in [-0.25, -0.2) is 4.98 Å². The number of rotatable bonds is 8. The Balaban J connectivity index is 1.70. The van der Waals surface area contributed by atoms with Crippen LogP contribution in [0.5, 0.6) is 5.88 Å². The van der Waals surface area contributed by atoms with E-state index < -0.39 is 5.41 Å². The first kappa shape index (κ1) is 21.6. The Morgan fingerprint density at radius 1 is 1.24 bits per heavy atom. The van der Waals surface area contributed by atoms with Crippen molar-refractivity contribution in [1.29, 1.82) is 0 Å². The highest BCUT2D eigenvalue weighted by Gasteiger charge is 2.35. The Kier molecular flexibility index (Phi) is 6.77. The van der Waals surface area contributed by atoms with E-state index in [1.807, 2.05) is 26.8 Å². The summed E-state index contributed by atoms with van der Waals surface area (Å²) in [6.07, 6.45) is 4.26. The number of ether oxygens (including phenoxy) is 2. The van der Waals surface area contributed by atoms with Gasteiger partial charge in [-0.15, -0.1) is 0 Å². The van der Waals surface area contributed by atoms with E-state index in [9.17, 15) is 9.59 Å². The van der Waals surface area contributed by atoms with Crippen molar-refractivity contribution in [3.63, 3.8) is 0 Å². The summed E-state index contributed by atoms with van der Waals surface area (Å²) in [5.41, 5.74) is 0.670. The first-order chi connectivity index (χ1) is 13.8. The molecule has 2 heterocycles. The Morgan fingerprint density at radius 2 is 1.93 bits per heavy atom. The van der Waals surface area contributed by atoms with Gasteiger partial charge < -0.3 is 20.1 Å². The summed E-state index contributed by atoms with van der Waals surface area (Å²) < 4.78 is 11.5. The Morgan fingerprint density at radius 3 is 2.55 bits per heavy atom. The van der Waals surface area contributed by atoms with Crippen LogP contribution in [0, 0.1) is 11.3 Å². The first-order valence-electron chi connectivity index (χ1n) is 10.6. The maximum Gasteiger partial charge on any atom is 0.270 e. The summed E-state index contributed by atoms with van der Waals surface area (Å²) in [7, 11) is 1.60. The monoisotopic (exact) mass is 403 g/mol. The lowest BCUT2D eigenvalue weighted by molar-refractivity contribution is -0.129. The largest absolute Gasteiger partial charge is 0.477 e. The third kappa shape index (κ3) is 5.26. The lowest BCUT2D eigenvalue weighted by Gasteiger charge is -2.30. The highest BCUT2D eigenvalue weighted by molar-refractivity contribution is 5.93. The zero-order valence-electron chi connectivity index (χ0n) is 17.9. The minimum atomic E-state index is -0.735. The van der Waals surface area contributed by atoms with Crippen molar-refractivity contribution in [1.82, 2.24) is 15.6 Å². The summed E-state index contributed by atoms with van der Waals surface area (Å²) >= 11 is 0. The Labute approximate surface area is 172 Å². The molecular weight excluding hydrogens is 370 g/mol. The van der Waals surface area contributed by atoms with Gasteiger partial charge in [0.2, 0.25) is 11.8 Å². The van der Waals surface area contributed by atoms with Gasteiger partial charge in [-0.3, -0.25) is 9.59 Å². The standard InChI is InChI=1S/C22H33N3O4/c1-14(22(2,3)21(27)23-4)24-19(26)18-8-7-17(16-5-6-16)20(25-18)29-13-15-9-11-28-12-10-15/h7-8,14-16H,5-6,9-13H2,1-4H3,(H,23,27)(H,24,26). The van der Waals surface area contributed by atoms with Crippen LogP contribution in [0.25, 0.3) is 0 Å². The van der Waals surface area contributed by atoms with Gasteiger partial charge in [-0.2, -0.15) is 0 Å². The van der Waals surface area contributed by atoms with Crippen molar-refractivity contribution in [2.75, 3.05) is 26.9 Å². The maximum absolute atomic E-state index is 12.8. The van der Waals surface area contributed by atoms with Crippen LogP contribution in [0.2, 0.25) is 0 Å². The van der Waals surface area contributed by atoms with Crippen molar-refractivity contribution in [2.24, 2.45) is 11.3 Å². The fraction of sp³-hybridized carbons (Fsp3) is 0.682. The van der Waals surface area contributed by atoms with Gasteiger partial charge in [0.05, 0.1) is 12.0 Å². The molecule has 1 saturated carbocycles. The third-order valence-electron chi connectivity index (χ3n) is 6.18. The van der Waals surface area contributed by atoms with Crippen LogP contribution < -0.4 is 15.4 Å². The smallest absolute Gasteiger partial charge is 0.270 e. The first-order valence-corrected chi connectivity index (χ1v) is 10.6. The van der Waals surface area contributed by atoms with Gasteiger partial charge in [0.25, 0.3) is 5.91 Å². The van der Waals surface area contributed by atoms with Gasteiger partial charge in [0.1, 0.15) is 5.69 Å². The highest BCUT2D eigenvalue weighted by Crippen LogP contribution is 2.43. The van der Waals surface area contributed by atoms with Crippen molar-refractivity contribution >= 4 is 11.8 Å². The third-order valence-corrected chi connectivity index (χ3v) is 6.18. The van der Waals surface area contributed by atoms with Crippen LogP contribution in [0.3, 0.4) is 0 Å². The minimum absolute atomic E-state index is 0.122. The molecule has 2 amide bonds. The molecule has 7 nitrogen and oxygen atoms in total. The molecule has 1 aromatic rings. The maximum atomic E-state index is 12.8. The molecule has 0 spiro atoms. The van der Waals surface area contributed by atoms with Crippen molar-refractivity contribution in [2.45, 2.75) is 58.4 Å². The van der Waals surface area contributed by atoms with Crippen LogP contribution in [-0.2, 0) is 9.53 Å². The second kappa shape index (κ2) is 9.11. The average molecular weight is 404 g/mol. The number of nitrogens with zero attached hydrogens (tertiary/aromatic N) is 1. The molecule has 0 aromatic carbocycles. The van der Waals surface area contributed by atoms with E-state index in [0.717, 1.165) is 44.5 Å². The fourth-order valence-corrected chi connectivity index (χ4v) is 3.48. The van der Waals surface area contributed by atoms with Crippen LogP contribution >= 0.6 is 0 Å². The van der Waals surface area contributed by atoms with E-state index in [-0.39, 0.29) is 17.9 Å². The molecule has 1 atom stereocenters. The number of aromatic nitrogens is 1. The minimum Gasteiger partial charge on any atom is -0.477 e. The summed E-state index contributed by atoms with van der Waals surface area (Å²) in [6, 6.07) is 3.36. The number of hydrogen-bond acceptors (Lipinski definition) is 5. The molecule has 29 heavy (non-hydrogen) atoms. The fourth-order valence-electron chi connectivity index (χ4n) is 3.48. The van der Waals surface area contributed by atoms with E-state index in [1.54, 1.807) is 13.1 Å². The average Bonchev–Trinajstić information content (AvgIpc) is 3.57. The van der Waals surface area contributed by atoms with E-state index in [1.165, 1.54) is 0 Å². The molecule has 2 N–H and O–H groups in total. The zero-order chi connectivity index (χ0) is 21.0. The molecule has 0 radical (unpaired) electrons. The number of hydrogen-bond donors (Lipinski definition) is 2. The summed E-state index contributed by atoms with van der Waals surface area (Å²) in [4.78, 5) is 29.4. The van der Waals surface area contributed by atoms with E-state index in [2.05, 4.69) is 15.6 Å². The number of pyridine rings is 1. The number of amides is 2. The molecule has 2 aliphatic rings. The topological polar surface area (TPSA) is 89.6 Å². The quantitative estimate of drug-likeness (QED) is 0.697. The molecule has 2 fully saturated rings. The predicted octanol–water partition coefficient (Wildman–Crippen LogP) is 2.65.